The van der Waals surface area contributed by atoms with E-state index in [0.29, 0.717) is 19.8 Å². The van der Waals surface area contributed by atoms with Crippen molar-refractivity contribution in [3.63, 3.8) is 0 Å². The molecular formula is C9H21NO3. The molecule has 1 atom stereocenters. The van der Waals surface area contributed by atoms with Crippen LogP contribution in [0, 0.1) is 0 Å². The second-order valence-corrected chi connectivity index (χ2v) is 3.21. The molecule has 80 valence electrons. The molecule has 0 radical (unpaired) electrons. The smallest absolute Gasteiger partial charge is 0.101 e. The zero-order valence-corrected chi connectivity index (χ0v) is 8.75. The predicted octanol–water partition coefficient (Wildman–Crippen LogP) is 0.00830. The van der Waals surface area contributed by atoms with Gasteiger partial charge in [-0.1, -0.05) is 0 Å². The van der Waals surface area contributed by atoms with E-state index >= 15 is 0 Å². The van der Waals surface area contributed by atoms with Crippen LogP contribution in [0.3, 0.4) is 0 Å². The number of aliphatic hydroxyl groups excluding tert-OH is 1. The maximum absolute atomic E-state index is 9.33. The van der Waals surface area contributed by atoms with Crippen LogP contribution in [0.4, 0.5) is 0 Å². The highest BCUT2D eigenvalue weighted by atomic mass is 16.5. The van der Waals surface area contributed by atoms with E-state index in [1.807, 2.05) is 20.9 Å². The second-order valence-electron chi connectivity index (χ2n) is 3.21. The number of hydrogen-bond donors (Lipinski definition) is 2. The monoisotopic (exact) mass is 191 g/mol. The van der Waals surface area contributed by atoms with Crippen LogP contribution < -0.4 is 5.32 Å². The quantitative estimate of drug-likeness (QED) is 0.531. The fourth-order valence-corrected chi connectivity index (χ4v) is 0.745. The number of ether oxygens (including phenoxy) is 2. The first-order chi connectivity index (χ1) is 6.16. The topological polar surface area (TPSA) is 50.7 Å². The molecule has 0 saturated heterocycles. The third-order valence-corrected chi connectivity index (χ3v) is 1.43. The number of aliphatic hydroxyl groups is 1. The molecule has 1 unspecified atom stereocenters. The second kappa shape index (κ2) is 8.44. The fourth-order valence-electron chi connectivity index (χ4n) is 0.745. The van der Waals surface area contributed by atoms with Crippen molar-refractivity contribution in [2.24, 2.45) is 0 Å². The molecule has 0 bridgehead atoms. The molecule has 0 aromatic rings. The van der Waals surface area contributed by atoms with Crippen molar-refractivity contribution >= 4 is 0 Å². The Balaban J connectivity index is 3.15. The van der Waals surface area contributed by atoms with E-state index in [0.717, 1.165) is 6.54 Å². The fraction of sp³-hybridized carbons (Fsp3) is 1.00. The number of rotatable bonds is 8. The Labute approximate surface area is 80.2 Å². The lowest BCUT2D eigenvalue weighted by molar-refractivity contribution is -0.0347. The molecule has 0 aliphatic carbocycles. The molecule has 0 aromatic carbocycles. The van der Waals surface area contributed by atoms with Crippen LogP contribution in [-0.4, -0.2) is 50.7 Å². The summed E-state index contributed by atoms with van der Waals surface area (Å²) in [6.45, 7) is 5.99. The van der Waals surface area contributed by atoms with E-state index in [4.69, 9.17) is 9.47 Å². The van der Waals surface area contributed by atoms with E-state index in [1.54, 1.807) is 0 Å². The van der Waals surface area contributed by atoms with Gasteiger partial charge in [0.2, 0.25) is 0 Å². The Morgan fingerprint density at radius 2 is 2.00 bits per heavy atom. The summed E-state index contributed by atoms with van der Waals surface area (Å²) in [6.07, 6.45) is -0.355. The molecule has 0 fully saturated rings. The van der Waals surface area contributed by atoms with Crippen molar-refractivity contribution in [3.8, 4) is 0 Å². The Morgan fingerprint density at radius 1 is 1.31 bits per heavy atom. The van der Waals surface area contributed by atoms with Gasteiger partial charge < -0.3 is 19.9 Å². The van der Waals surface area contributed by atoms with Crippen molar-refractivity contribution in [1.82, 2.24) is 5.32 Å². The van der Waals surface area contributed by atoms with E-state index in [-0.39, 0.29) is 6.10 Å². The molecule has 4 nitrogen and oxygen atoms in total. The molecule has 0 spiro atoms. The van der Waals surface area contributed by atoms with E-state index < -0.39 is 6.10 Å². The Hall–Kier alpha value is -0.160. The molecule has 0 heterocycles. The van der Waals surface area contributed by atoms with Gasteiger partial charge in [0.05, 0.1) is 25.9 Å². The maximum Gasteiger partial charge on any atom is 0.101 e. The van der Waals surface area contributed by atoms with Gasteiger partial charge in [0, 0.05) is 6.54 Å². The number of hydrogen-bond acceptors (Lipinski definition) is 4. The van der Waals surface area contributed by atoms with Gasteiger partial charge in [-0.25, -0.2) is 0 Å². The van der Waals surface area contributed by atoms with E-state index in [9.17, 15) is 5.11 Å². The summed E-state index contributed by atoms with van der Waals surface area (Å²) in [5.41, 5.74) is 0. The van der Waals surface area contributed by atoms with Crippen LogP contribution in [0.15, 0.2) is 0 Å². The molecule has 0 amide bonds. The van der Waals surface area contributed by atoms with Crippen LogP contribution in [0.2, 0.25) is 0 Å². The van der Waals surface area contributed by atoms with Crippen LogP contribution in [-0.2, 0) is 9.47 Å². The minimum Gasteiger partial charge on any atom is -0.388 e. The predicted molar refractivity (Wildman–Crippen MR) is 51.8 cm³/mol. The highest BCUT2D eigenvalue weighted by Crippen LogP contribution is 1.92. The Kier molecular flexibility index (Phi) is 8.33. The van der Waals surface area contributed by atoms with Crippen LogP contribution in [0.1, 0.15) is 13.8 Å². The molecule has 4 heteroatoms. The first kappa shape index (κ1) is 12.8. The molecule has 0 aliphatic heterocycles. The van der Waals surface area contributed by atoms with Gasteiger partial charge in [-0.05, 0) is 20.9 Å². The normalized spacial score (nSPS) is 13.6. The summed E-state index contributed by atoms with van der Waals surface area (Å²) in [6, 6.07) is 0. The van der Waals surface area contributed by atoms with Crippen molar-refractivity contribution in [3.05, 3.63) is 0 Å². The van der Waals surface area contributed by atoms with Crippen LogP contribution in [0.25, 0.3) is 0 Å². The van der Waals surface area contributed by atoms with Gasteiger partial charge in [0.1, 0.15) is 6.10 Å². The Morgan fingerprint density at radius 3 is 2.54 bits per heavy atom. The molecule has 0 saturated carbocycles. The lowest BCUT2D eigenvalue weighted by Crippen LogP contribution is -2.25. The van der Waals surface area contributed by atoms with Crippen LogP contribution >= 0.6 is 0 Å². The van der Waals surface area contributed by atoms with Crippen molar-refractivity contribution in [1.29, 1.82) is 0 Å². The summed E-state index contributed by atoms with van der Waals surface area (Å²) in [4.78, 5) is 0. The van der Waals surface area contributed by atoms with Gasteiger partial charge in [0.25, 0.3) is 0 Å². The molecular weight excluding hydrogens is 170 g/mol. The summed E-state index contributed by atoms with van der Waals surface area (Å²) in [5, 5.41) is 12.3. The first-order valence-corrected chi connectivity index (χ1v) is 4.68. The average Bonchev–Trinajstić information content (AvgIpc) is 2.09. The summed E-state index contributed by atoms with van der Waals surface area (Å²) in [7, 11) is 1.86. The summed E-state index contributed by atoms with van der Waals surface area (Å²) >= 11 is 0. The van der Waals surface area contributed by atoms with Gasteiger partial charge in [-0.2, -0.15) is 0 Å². The van der Waals surface area contributed by atoms with Gasteiger partial charge >= 0.3 is 0 Å². The molecule has 0 rings (SSSR count). The standard InChI is InChI=1S/C9H21NO3/c1-8(2)13-7-9(11)6-12-5-4-10-3/h8-11H,4-7H2,1-3H3. The van der Waals surface area contributed by atoms with E-state index in [1.165, 1.54) is 0 Å². The van der Waals surface area contributed by atoms with Crippen molar-refractivity contribution < 1.29 is 14.6 Å². The number of likely N-dealkylation sites (N-methyl/N-ethyl adjacent to an activating group) is 1. The lowest BCUT2D eigenvalue weighted by Gasteiger charge is -2.13. The lowest BCUT2D eigenvalue weighted by atomic mass is 10.4. The highest BCUT2D eigenvalue weighted by molar-refractivity contribution is 4.52. The van der Waals surface area contributed by atoms with Crippen LogP contribution in [0.5, 0.6) is 0 Å². The number of nitrogens with one attached hydrogen (secondary N) is 1. The summed E-state index contributed by atoms with van der Waals surface area (Å²) < 4.78 is 10.4. The molecule has 2 N–H and O–H groups in total. The largest absolute Gasteiger partial charge is 0.388 e. The minimum absolute atomic E-state index is 0.159. The van der Waals surface area contributed by atoms with E-state index in [2.05, 4.69) is 5.32 Å². The summed E-state index contributed by atoms with van der Waals surface area (Å²) in [5.74, 6) is 0. The first-order valence-electron chi connectivity index (χ1n) is 4.68. The minimum atomic E-state index is -0.515. The third-order valence-electron chi connectivity index (χ3n) is 1.43. The SMILES string of the molecule is CNCCOCC(O)COC(C)C. The maximum atomic E-state index is 9.33. The van der Waals surface area contributed by atoms with Gasteiger partial charge in [-0.15, -0.1) is 0 Å². The molecule has 0 aliphatic rings. The molecule has 0 aromatic heterocycles. The third kappa shape index (κ3) is 9.76. The van der Waals surface area contributed by atoms with Crippen molar-refractivity contribution in [2.45, 2.75) is 26.1 Å². The Bertz CT molecular complexity index is 109. The van der Waals surface area contributed by atoms with Gasteiger partial charge in [0.15, 0.2) is 0 Å². The average molecular weight is 191 g/mol. The highest BCUT2D eigenvalue weighted by Gasteiger charge is 2.04. The zero-order valence-electron chi connectivity index (χ0n) is 8.75. The van der Waals surface area contributed by atoms with Gasteiger partial charge in [-0.3, -0.25) is 0 Å². The zero-order chi connectivity index (χ0) is 10.1. The van der Waals surface area contributed by atoms with Crippen molar-refractivity contribution in [2.75, 3.05) is 33.4 Å². The molecule has 13 heavy (non-hydrogen) atoms.